The molecule has 3 rings (SSSR count). The van der Waals surface area contributed by atoms with Gasteiger partial charge in [0.2, 0.25) is 0 Å². The molecule has 2 aromatic rings. The smallest absolute Gasteiger partial charge is 0.261 e. The van der Waals surface area contributed by atoms with Crippen molar-refractivity contribution in [1.82, 2.24) is 14.9 Å². The van der Waals surface area contributed by atoms with E-state index in [4.69, 9.17) is 0 Å². The van der Waals surface area contributed by atoms with E-state index in [0.717, 1.165) is 30.5 Å². The number of aliphatic hydroxyl groups excluding tert-OH is 2. The Morgan fingerprint density at radius 3 is 2.88 bits per heavy atom. The number of piperidine rings is 1. The molecule has 2 heterocycles. The molecule has 0 unspecified atom stereocenters. The molecule has 7 heteroatoms. The highest BCUT2D eigenvalue weighted by Crippen LogP contribution is 2.16. The summed E-state index contributed by atoms with van der Waals surface area (Å²) in [6.07, 6.45) is 2.46. The molecule has 138 valence electrons. The first-order valence-corrected chi connectivity index (χ1v) is 8.51. The Balaban J connectivity index is 0.00000225. The van der Waals surface area contributed by atoms with Crippen LogP contribution in [0.4, 0.5) is 0 Å². The third-order valence-electron chi connectivity index (χ3n) is 4.74. The largest absolute Gasteiger partial charge is 0.392 e. The summed E-state index contributed by atoms with van der Waals surface area (Å²) < 4.78 is 1.46. The molecule has 0 spiro atoms. The minimum Gasteiger partial charge on any atom is -0.392 e. The van der Waals surface area contributed by atoms with Crippen LogP contribution in [0.3, 0.4) is 0 Å². The van der Waals surface area contributed by atoms with E-state index in [1.807, 2.05) is 26.0 Å². The number of aromatic nitrogens is 2. The minimum atomic E-state index is -0.710. The van der Waals surface area contributed by atoms with Gasteiger partial charge in [-0.1, -0.05) is 6.07 Å². The molecule has 1 aliphatic heterocycles. The maximum atomic E-state index is 12.7. The normalized spacial score (nSPS) is 21.8. The van der Waals surface area contributed by atoms with Crippen molar-refractivity contribution in [3.8, 4) is 0 Å². The number of nitrogens with zero attached hydrogens (tertiary/aromatic N) is 2. The zero-order valence-electron chi connectivity index (χ0n) is 14.6. The van der Waals surface area contributed by atoms with E-state index in [9.17, 15) is 15.0 Å². The molecular formula is C18H26ClN3O3. The Bertz CT molecular complexity index is 793. The molecule has 1 aromatic carbocycles. The van der Waals surface area contributed by atoms with Crippen molar-refractivity contribution in [3.63, 3.8) is 0 Å². The molecule has 1 saturated heterocycles. The first-order valence-electron chi connectivity index (χ1n) is 8.51. The van der Waals surface area contributed by atoms with Crippen LogP contribution in [0.15, 0.2) is 23.3 Å². The molecule has 1 fully saturated rings. The maximum Gasteiger partial charge on any atom is 0.261 e. The van der Waals surface area contributed by atoms with Gasteiger partial charge < -0.3 is 15.5 Å². The van der Waals surface area contributed by atoms with Crippen molar-refractivity contribution >= 4 is 23.3 Å². The van der Waals surface area contributed by atoms with Crippen molar-refractivity contribution in [2.24, 2.45) is 0 Å². The van der Waals surface area contributed by atoms with Crippen LogP contribution >= 0.6 is 12.4 Å². The fraction of sp³-hybridized carbons (Fsp3) is 0.556. The Kier molecular flexibility index (Phi) is 6.57. The van der Waals surface area contributed by atoms with E-state index in [1.165, 1.54) is 10.9 Å². The van der Waals surface area contributed by atoms with Crippen molar-refractivity contribution in [1.29, 1.82) is 0 Å². The van der Waals surface area contributed by atoms with Gasteiger partial charge in [-0.3, -0.25) is 9.36 Å². The van der Waals surface area contributed by atoms with Crippen LogP contribution in [-0.4, -0.2) is 44.6 Å². The molecular weight excluding hydrogens is 342 g/mol. The van der Waals surface area contributed by atoms with Crippen LogP contribution in [0, 0.1) is 13.8 Å². The summed E-state index contributed by atoms with van der Waals surface area (Å²) in [5.74, 6) is 0. The number of nitrogens with one attached hydrogen (secondary N) is 1. The lowest BCUT2D eigenvalue weighted by Crippen LogP contribution is -2.47. The number of aryl methyl sites for hydroxylation is 2. The summed E-state index contributed by atoms with van der Waals surface area (Å²) >= 11 is 0. The van der Waals surface area contributed by atoms with Gasteiger partial charge in [0.25, 0.3) is 5.56 Å². The summed E-state index contributed by atoms with van der Waals surface area (Å²) in [6.45, 7) is 4.93. The van der Waals surface area contributed by atoms with Crippen LogP contribution in [0.2, 0.25) is 0 Å². The van der Waals surface area contributed by atoms with Gasteiger partial charge in [0.15, 0.2) is 0 Å². The Morgan fingerprint density at radius 2 is 2.16 bits per heavy atom. The van der Waals surface area contributed by atoms with E-state index >= 15 is 0 Å². The van der Waals surface area contributed by atoms with Crippen LogP contribution < -0.4 is 10.9 Å². The highest BCUT2D eigenvalue weighted by molar-refractivity contribution is 5.85. The summed E-state index contributed by atoms with van der Waals surface area (Å²) in [6, 6.07) is 3.72. The van der Waals surface area contributed by atoms with E-state index < -0.39 is 12.2 Å². The molecule has 1 aromatic heterocycles. The average Bonchev–Trinajstić information content (AvgIpc) is 2.53. The van der Waals surface area contributed by atoms with Crippen LogP contribution in [0.1, 0.15) is 30.4 Å². The van der Waals surface area contributed by atoms with E-state index in [-0.39, 0.29) is 30.6 Å². The molecule has 0 radical (unpaired) electrons. The molecule has 3 N–H and O–H groups in total. The summed E-state index contributed by atoms with van der Waals surface area (Å²) in [5.41, 5.74) is 2.57. The monoisotopic (exact) mass is 367 g/mol. The molecule has 0 aliphatic carbocycles. The lowest BCUT2D eigenvalue weighted by Gasteiger charge is -2.30. The highest BCUT2D eigenvalue weighted by atomic mass is 35.5. The zero-order chi connectivity index (χ0) is 17.3. The SMILES string of the molecule is Cc1cc(C)c2ncn(C[C@@H](O)C[C@H]3NCCC[C@@H]3O)c(=O)c2c1.Cl. The lowest BCUT2D eigenvalue weighted by molar-refractivity contribution is 0.0539. The van der Waals surface area contributed by atoms with Crippen molar-refractivity contribution < 1.29 is 10.2 Å². The number of rotatable bonds is 4. The number of aliphatic hydroxyl groups is 2. The minimum absolute atomic E-state index is 0. The number of hydrogen-bond donors (Lipinski definition) is 3. The molecule has 0 saturated carbocycles. The lowest BCUT2D eigenvalue weighted by atomic mass is 9.96. The van der Waals surface area contributed by atoms with Crippen LogP contribution in [0.5, 0.6) is 0 Å². The van der Waals surface area contributed by atoms with Gasteiger partial charge >= 0.3 is 0 Å². The summed E-state index contributed by atoms with van der Waals surface area (Å²) in [7, 11) is 0. The molecule has 3 atom stereocenters. The Hall–Kier alpha value is -1.47. The van der Waals surface area contributed by atoms with Gasteiger partial charge in [0, 0.05) is 6.04 Å². The van der Waals surface area contributed by atoms with Gasteiger partial charge in [-0.15, -0.1) is 12.4 Å². The highest BCUT2D eigenvalue weighted by Gasteiger charge is 2.25. The van der Waals surface area contributed by atoms with Crippen molar-refractivity contribution in [2.75, 3.05) is 6.54 Å². The third-order valence-corrected chi connectivity index (χ3v) is 4.74. The zero-order valence-corrected chi connectivity index (χ0v) is 15.4. The molecule has 0 amide bonds. The summed E-state index contributed by atoms with van der Waals surface area (Å²) in [5, 5.41) is 24.1. The first-order chi connectivity index (χ1) is 11.5. The van der Waals surface area contributed by atoms with Gasteiger partial charge in [0.1, 0.15) is 0 Å². The standard InChI is InChI=1S/C18H25N3O3.ClH/c1-11-6-12(2)17-14(7-11)18(24)21(10-20-17)9-13(22)8-15-16(23)4-3-5-19-15;/h6-7,10,13,15-16,19,22-23H,3-5,8-9H2,1-2H3;1H/t13-,15+,16-;/m0./s1. The number of fused-ring (bicyclic) bond motifs is 1. The Labute approximate surface area is 153 Å². The van der Waals surface area contributed by atoms with Gasteiger partial charge in [0.05, 0.1) is 36.0 Å². The molecule has 1 aliphatic rings. The fourth-order valence-electron chi connectivity index (χ4n) is 3.53. The predicted molar refractivity (Wildman–Crippen MR) is 100 cm³/mol. The van der Waals surface area contributed by atoms with Crippen LogP contribution in [-0.2, 0) is 6.54 Å². The first kappa shape index (κ1) is 19.8. The average molecular weight is 368 g/mol. The van der Waals surface area contributed by atoms with Crippen molar-refractivity contribution in [3.05, 3.63) is 39.9 Å². The second-order valence-electron chi connectivity index (χ2n) is 6.84. The van der Waals surface area contributed by atoms with Crippen LogP contribution in [0.25, 0.3) is 10.9 Å². The molecule has 6 nitrogen and oxygen atoms in total. The number of halogens is 1. The third kappa shape index (κ3) is 4.39. The van der Waals surface area contributed by atoms with Gasteiger partial charge in [-0.25, -0.2) is 4.98 Å². The summed E-state index contributed by atoms with van der Waals surface area (Å²) in [4.78, 5) is 17.1. The van der Waals surface area contributed by atoms with E-state index in [1.54, 1.807) is 0 Å². The molecule has 0 bridgehead atoms. The topological polar surface area (TPSA) is 87.4 Å². The number of benzene rings is 1. The second kappa shape index (κ2) is 8.27. The van der Waals surface area contributed by atoms with Gasteiger partial charge in [-0.05, 0) is 56.8 Å². The maximum absolute atomic E-state index is 12.7. The predicted octanol–water partition coefficient (Wildman–Crippen LogP) is 1.30. The quantitative estimate of drug-likeness (QED) is 0.758. The van der Waals surface area contributed by atoms with Crippen molar-refractivity contribution in [2.45, 2.75) is 57.9 Å². The van der Waals surface area contributed by atoms with Gasteiger partial charge in [-0.2, -0.15) is 0 Å². The Morgan fingerprint density at radius 1 is 1.40 bits per heavy atom. The molecule has 25 heavy (non-hydrogen) atoms. The van der Waals surface area contributed by atoms with E-state index in [2.05, 4.69) is 10.3 Å². The fourth-order valence-corrected chi connectivity index (χ4v) is 3.53. The number of hydrogen-bond acceptors (Lipinski definition) is 5. The van der Waals surface area contributed by atoms with E-state index in [0.29, 0.717) is 17.3 Å². The second-order valence-corrected chi connectivity index (χ2v) is 6.84.